The topological polar surface area (TPSA) is 46.2 Å². The molecule has 0 aliphatic heterocycles. The van der Waals surface area contributed by atoms with E-state index in [9.17, 15) is 9.00 Å². The Labute approximate surface area is 137 Å². The van der Waals surface area contributed by atoms with Gasteiger partial charge in [-0.25, -0.2) is 0 Å². The highest BCUT2D eigenvalue weighted by Crippen LogP contribution is 2.21. The molecule has 0 fully saturated rings. The molecule has 2 aromatic rings. The first-order valence-electron chi connectivity index (χ1n) is 6.67. The van der Waals surface area contributed by atoms with E-state index in [0.29, 0.717) is 16.5 Å². The number of rotatable bonds is 5. The van der Waals surface area contributed by atoms with Crippen molar-refractivity contribution in [2.45, 2.75) is 5.75 Å². The van der Waals surface area contributed by atoms with Crippen molar-refractivity contribution >= 4 is 40.1 Å². The zero-order valence-corrected chi connectivity index (χ0v) is 13.7. The molecule has 0 saturated heterocycles. The van der Waals surface area contributed by atoms with Crippen molar-refractivity contribution in [2.24, 2.45) is 0 Å². The minimum absolute atomic E-state index is 0.227. The Hall–Kier alpha value is -1.91. The Kier molecular flexibility index (Phi) is 5.92. The van der Waals surface area contributed by atoms with Gasteiger partial charge in [-0.1, -0.05) is 41.9 Å². The summed E-state index contributed by atoms with van der Waals surface area (Å²) in [6.07, 6.45) is 4.83. The average molecular weight is 334 g/mol. The molecule has 0 aliphatic carbocycles. The molecule has 0 unspecified atom stereocenters. The summed E-state index contributed by atoms with van der Waals surface area (Å²) in [5.41, 5.74) is 2.34. The molecule has 0 radical (unpaired) electrons. The lowest BCUT2D eigenvalue weighted by atomic mass is 10.2. The van der Waals surface area contributed by atoms with Gasteiger partial charge in [0.05, 0.1) is 0 Å². The van der Waals surface area contributed by atoms with E-state index < -0.39 is 10.8 Å². The standard InChI is InChI=1S/C17H16ClNO2S/c1-22(21)12-14-11-15(8-9-16(14)18)19-17(20)10-7-13-5-3-2-4-6-13/h2-11H,12H2,1H3,(H,19,20)/b10-7+/t22-/m0/s1. The van der Waals surface area contributed by atoms with Gasteiger partial charge >= 0.3 is 0 Å². The zero-order valence-electron chi connectivity index (χ0n) is 12.1. The van der Waals surface area contributed by atoms with Gasteiger partial charge in [-0.2, -0.15) is 0 Å². The van der Waals surface area contributed by atoms with Crippen molar-refractivity contribution < 1.29 is 9.00 Å². The van der Waals surface area contributed by atoms with Gasteiger partial charge in [0.15, 0.2) is 0 Å². The Bertz CT molecular complexity index is 714. The van der Waals surface area contributed by atoms with Crippen molar-refractivity contribution in [3.63, 3.8) is 0 Å². The number of halogens is 1. The number of hydrogen-bond acceptors (Lipinski definition) is 2. The fourth-order valence-corrected chi connectivity index (χ4v) is 2.84. The second-order valence-electron chi connectivity index (χ2n) is 4.76. The highest BCUT2D eigenvalue weighted by molar-refractivity contribution is 7.83. The molecule has 0 bridgehead atoms. The molecular weight excluding hydrogens is 318 g/mol. The van der Waals surface area contributed by atoms with Gasteiger partial charge in [0.25, 0.3) is 0 Å². The molecule has 114 valence electrons. The van der Waals surface area contributed by atoms with Crippen LogP contribution in [0.15, 0.2) is 54.6 Å². The second kappa shape index (κ2) is 7.92. The number of nitrogens with one attached hydrogen (secondary N) is 1. The zero-order chi connectivity index (χ0) is 15.9. The molecule has 1 amide bonds. The number of benzene rings is 2. The lowest BCUT2D eigenvalue weighted by Gasteiger charge is -2.07. The molecule has 0 saturated carbocycles. The first kappa shape index (κ1) is 16.5. The summed E-state index contributed by atoms with van der Waals surface area (Å²) in [6.45, 7) is 0. The largest absolute Gasteiger partial charge is 0.323 e. The maximum atomic E-state index is 11.9. The van der Waals surface area contributed by atoms with E-state index in [1.165, 1.54) is 6.08 Å². The quantitative estimate of drug-likeness (QED) is 0.844. The van der Waals surface area contributed by atoms with Gasteiger partial charge in [0.2, 0.25) is 5.91 Å². The maximum Gasteiger partial charge on any atom is 0.248 e. The number of carbonyl (C=O) groups excluding carboxylic acids is 1. The van der Waals surface area contributed by atoms with Crippen LogP contribution in [0.4, 0.5) is 5.69 Å². The van der Waals surface area contributed by atoms with Crippen LogP contribution < -0.4 is 5.32 Å². The molecule has 22 heavy (non-hydrogen) atoms. The Morgan fingerprint density at radius 2 is 1.95 bits per heavy atom. The molecule has 5 heteroatoms. The van der Waals surface area contributed by atoms with Crippen LogP contribution in [-0.2, 0) is 21.3 Å². The molecule has 2 aromatic carbocycles. The predicted octanol–water partition coefficient (Wildman–Crippen LogP) is 3.87. The number of carbonyl (C=O) groups is 1. The number of amides is 1. The Morgan fingerprint density at radius 3 is 2.64 bits per heavy atom. The molecular formula is C17H16ClNO2S. The van der Waals surface area contributed by atoms with E-state index in [2.05, 4.69) is 5.32 Å². The maximum absolute atomic E-state index is 11.9. The number of anilines is 1. The van der Waals surface area contributed by atoms with Crippen molar-refractivity contribution in [1.82, 2.24) is 0 Å². The van der Waals surface area contributed by atoms with Crippen LogP contribution in [0.5, 0.6) is 0 Å². The summed E-state index contributed by atoms with van der Waals surface area (Å²) in [5, 5.41) is 3.32. The van der Waals surface area contributed by atoms with Gasteiger partial charge < -0.3 is 5.32 Å². The monoisotopic (exact) mass is 333 g/mol. The molecule has 0 heterocycles. The van der Waals surface area contributed by atoms with Crippen LogP contribution in [0.3, 0.4) is 0 Å². The van der Waals surface area contributed by atoms with Gasteiger partial charge in [-0.15, -0.1) is 0 Å². The van der Waals surface area contributed by atoms with E-state index in [-0.39, 0.29) is 5.91 Å². The second-order valence-corrected chi connectivity index (χ2v) is 6.60. The lowest BCUT2D eigenvalue weighted by molar-refractivity contribution is -0.111. The van der Waals surface area contributed by atoms with Crippen molar-refractivity contribution in [1.29, 1.82) is 0 Å². The van der Waals surface area contributed by atoms with Crippen molar-refractivity contribution in [3.05, 3.63) is 70.8 Å². The van der Waals surface area contributed by atoms with Gasteiger partial charge in [0.1, 0.15) is 0 Å². The third-order valence-corrected chi connectivity index (χ3v) is 3.99. The summed E-state index contributed by atoms with van der Waals surface area (Å²) in [6, 6.07) is 14.7. The van der Waals surface area contributed by atoms with Crippen molar-refractivity contribution in [2.75, 3.05) is 11.6 Å². The average Bonchev–Trinajstić information content (AvgIpc) is 2.49. The first-order chi connectivity index (χ1) is 10.5. The van der Waals surface area contributed by atoms with Crippen LogP contribution in [0.1, 0.15) is 11.1 Å². The molecule has 1 atom stereocenters. The third kappa shape index (κ3) is 5.13. The van der Waals surface area contributed by atoms with Crippen LogP contribution in [0.2, 0.25) is 5.02 Å². The normalized spacial score (nSPS) is 12.3. The molecule has 1 N–H and O–H groups in total. The predicted molar refractivity (Wildman–Crippen MR) is 93.3 cm³/mol. The third-order valence-electron chi connectivity index (χ3n) is 2.90. The van der Waals surface area contributed by atoms with Gasteiger partial charge in [-0.3, -0.25) is 9.00 Å². The smallest absolute Gasteiger partial charge is 0.248 e. The van der Waals surface area contributed by atoms with E-state index in [0.717, 1.165) is 11.1 Å². The summed E-state index contributed by atoms with van der Waals surface area (Å²) >= 11 is 6.06. The van der Waals surface area contributed by atoms with Crippen LogP contribution in [0.25, 0.3) is 6.08 Å². The van der Waals surface area contributed by atoms with E-state index in [1.54, 1.807) is 30.5 Å². The van der Waals surface area contributed by atoms with Crippen molar-refractivity contribution in [3.8, 4) is 0 Å². The SMILES string of the molecule is C[S@](=O)Cc1cc(NC(=O)/C=C/c2ccccc2)ccc1Cl. The fourth-order valence-electron chi connectivity index (χ4n) is 1.90. The summed E-state index contributed by atoms with van der Waals surface area (Å²) in [4.78, 5) is 11.9. The molecule has 3 nitrogen and oxygen atoms in total. The van der Waals surface area contributed by atoms with Crippen LogP contribution in [0, 0.1) is 0 Å². The highest BCUT2D eigenvalue weighted by Gasteiger charge is 2.05. The molecule has 2 rings (SSSR count). The Morgan fingerprint density at radius 1 is 1.23 bits per heavy atom. The summed E-state index contributed by atoms with van der Waals surface area (Å²) < 4.78 is 11.3. The first-order valence-corrected chi connectivity index (χ1v) is 8.77. The highest BCUT2D eigenvalue weighted by atomic mass is 35.5. The van der Waals surface area contributed by atoms with E-state index in [4.69, 9.17) is 11.6 Å². The lowest BCUT2D eigenvalue weighted by Crippen LogP contribution is -2.08. The fraction of sp³-hybridized carbons (Fsp3) is 0.118. The van der Waals surface area contributed by atoms with Crippen LogP contribution in [-0.4, -0.2) is 16.4 Å². The molecule has 0 aliphatic rings. The van der Waals surface area contributed by atoms with Gasteiger partial charge in [0, 0.05) is 39.6 Å². The number of hydrogen-bond donors (Lipinski definition) is 1. The van der Waals surface area contributed by atoms with Crippen LogP contribution >= 0.6 is 11.6 Å². The van der Waals surface area contributed by atoms with Gasteiger partial charge in [-0.05, 0) is 35.4 Å². The summed E-state index contributed by atoms with van der Waals surface area (Å²) in [7, 11) is -0.987. The Balaban J connectivity index is 2.05. The molecule has 0 spiro atoms. The van der Waals surface area contributed by atoms with E-state index >= 15 is 0 Å². The molecule has 0 aromatic heterocycles. The summed E-state index contributed by atoms with van der Waals surface area (Å²) in [5.74, 6) is 0.136. The van der Waals surface area contributed by atoms with E-state index in [1.807, 2.05) is 30.3 Å². The minimum Gasteiger partial charge on any atom is -0.323 e. The minimum atomic E-state index is -0.987.